The van der Waals surface area contributed by atoms with Crippen LogP contribution in [0.25, 0.3) is 0 Å². The first-order valence-electron chi connectivity index (χ1n) is 5.82. The summed E-state index contributed by atoms with van der Waals surface area (Å²) >= 11 is 1.45. The zero-order chi connectivity index (χ0) is 13.8. The average Bonchev–Trinajstić information content (AvgIpc) is 3.04. The summed E-state index contributed by atoms with van der Waals surface area (Å²) in [6.45, 7) is 4.09. The highest BCUT2D eigenvalue weighted by molar-refractivity contribution is 7.98. The molecule has 0 unspecified atom stereocenters. The van der Waals surface area contributed by atoms with Crippen molar-refractivity contribution in [3.8, 4) is 0 Å². The number of H-pyrrole nitrogens is 1. The number of thioether (sulfide) groups is 1. The highest BCUT2D eigenvalue weighted by Crippen LogP contribution is 2.22. The highest BCUT2D eigenvalue weighted by Gasteiger charge is 2.12. The number of hydrogen-bond donors (Lipinski definition) is 1. The fourth-order valence-corrected chi connectivity index (χ4v) is 2.08. The molecule has 0 saturated heterocycles. The predicted octanol–water partition coefficient (Wildman–Crippen LogP) is 2.60. The van der Waals surface area contributed by atoms with Gasteiger partial charge in [-0.2, -0.15) is 0 Å². The van der Waals surface area contributed by atoms with E-state index in [4.69, 9.17) is 4.42 Å². The molecule has 102 valence electrons. The van der Waals surface area contributed by atoms with E-state index in [2.05, 4.69) is 19.9 Å². The fraction of sp³-hybridized carbons (Fsp3) is 0.417. The molecule has 0 atom stereocenters. The minimum absolute atomic E-state index is 0.205. The molecular weight excluding hydrogens is 266 g/mol. The SMILES string of the molecule is COC(=O)c1ccc(CSc2n[nH]c(C(C)C)n2)o1. The number of rotatable bonds is 5. The summed E-state index contributed by atoms with van der Waals surface area (Å²) in [5.74, 6) is 2.15. The van der Waals surface area contributed by atoms with Gasteiger partial charge in [0.2, 0.25) is 10.9 Å². The van der Waals surface area contributed by atoms with Crippen LogP contribution < -0.4 is 0 Å². The topological polar surface area (TPSA) is 81.0 Å². The Morgan fingerprint density at radius 1 is 1.53 bits per heavy atom. The number of carbonyl (C=O) groups excluding carboxylic acids is 1. The average molecular weight is 281 g/mol. The molecule has 2 rings (SSSR count). The molecule has 2 aromatic heterocycles. The van der Waals surface area contributed by atoms with Gasteiger partial charge in [0.15, 0.2) is 0 Å². The van der Waals surface area contributed by atoms with E-state index in [1.165, 1.54) is 18.9 Å². The largest absolute Gasteiger partial charge is 0.463 e. The van der Waals surface area contributed by atoms with Crippen LogP contribution >= 0.6 is 11.8 Å². The van der Waals surface area contributed by atoms with E-state index in [1.807, 2.05) is 13.8 Å². The van der Waals surface area contributed by atoms with Gasteiger partial charge in [0.05, 0.1) is 12.9 Å². The van der Waals surface area contributed by atoms with Crippen molar-refractivity contribution in [3.05, 3.63) is 29.5 Å². The first kappa shape index (κ1) is 13.7. The molecule has 2 heterocycles. The summed E-state index contributed by atoms with van der Waals surface area (Å²) in [5, 5.41) is 7.66. The summed E-state index contributed by atoms with van der Waals surface area (Å²) in [4.78, 5) is 15.6. The van der Waals surface area contributed by atoms with E-state index in [0.717, 1.165) is 5.82 Å². The van der Waals surface area contributed by atoms with Crippen molar-refractivity contribution in [2.75, 3.05) is 7.11 Å². The van der Waals surface area contributed by atoms with Crippen molar-refractivity contribution in [1.82, 2.24) is 15.2 Å². The van der Waals surface area contributed by atoms with Crippen LogP contribution in [0, 0.1) is 0 Å². The van der Waals surface area contributed by atoms with E-state index in [1.54, 1.807) is 12.1 Å². The van der Waals surface area contributed by atoms with Crippen LogP contribution in [-0.4, -0.2) is 28.3 Å². The summed E-state index contributed by atoms with van der Waals surface area (Å²) in [6, 6.07) is 3.34. The van der Waals surface area contributed by atoms with Crippen LogP contribution in [-0.2, 0) is 10.5 Å². The second-order valence-electron chi connectivity index (χ2n) is 4.20. The third kappa shape index (κ3) is 3.37. The predicted molar refractivity (Wildman–Crippen MR) is 70.1 cm³/mol. The van der Waals surface area contributed by atoms with Crippen molar-refractivity contribution in [1.29, 1.82) is 0 Å². The van der Waals surface area contributed by atoms with Crippen molar-refractivity contribution >= 4 is 17.7 Å². The number of aromatic amines is 1. The number of aromatic nitrogens is 3. The Balaban J connectivity index is 1.94. The first-order valence-corrected chi connectivity index (χ1v) is 6.81. The zero-order valence-corrected chi connectivity index (χ0v) is 11.8. The molecule has 7 heteroatoms. The molecule has 0 bridgehead atoms. The Bertz CT molecular complexity index is 562. The number of carbonyl (C=O) groups is 1. The number of esters is 1. The summed E-state index contributed by atoms with van der Waals surface area (Å²) < 4.78 is 9.92. The lowest BCUT2D eigenvalue weighted by atomic mass is 10.2. The molecule has 0 fully saturated rings. The van der Waals surface area contributed by atoms with Gasteiger partial charge in [0.1, 0.15) is 11.6 Å². The van der Waals surface area contributed by atoms with Gasteiger partial charge in [-0.15, -0.1) is 5.10 Å². The van der Waals surface area contributed by atoms with Gasteiger partial charge in [-0.25, -0.2) is 9.78 Å². The third-order valence-electron chi connectivity index (χ3n) is 2.42. The van der Waals surface area contributed by atoms with Gasteiger partial charge in [-0.3, -0.25) is 5.10 Å². The molecule has 2 aromatic rings. The van der Waals surface area contributed by atoms with E-state index >= 15 is 0 Å². The van der Waals surface area contributed by atoms with Gasteiger partial charge in [-0.05, 0) is 12.1 Å². The van der Waals surface area contributed by atoms with Crippen molar-refractivity contribution in [3.63, 3.8) is 0 Å². The number of nitrogens with one attached hydrogen (secondary N) is 1. The van der Waals surface area contributed by atoms with E-state index in [-0.39, 0.29) is 5.76 Å². The summed E-state index contributed by atoms with van der Waals surface area (Å²) in [6.07, 6.45) is 0. The Morgan fingerprint density at radius 2 is 2.32 bits per heavy atom. The Morgan fingerprint density at radius 3 is 2.95 bits per heavy atom. The Labute approximate surface area is 114 Å². The van der Waals surface area contributed by atoms with Gasteiger partial charge in [0, 0.05) is 5.92 Å². The van der Waals surface area contributed by atoms with Gasteiger partial charge in [0.25, 0.3) is 0 Å². The second-order valence-corrected chi connectivity index (χ2v) is 5.15. The summed E-state index contributed by atoms with van der Waals surface area (Å²) in [5.41, 5.74) is 0. The lowest BCUT2D eigenvalue weighted by Crippen LogP contribution is -1.98. The third-order valence-corrected chi connectivity index (χ3v) is 3.29. The molecule has 0 radical (unpaired) electrons. The quantitative estimate of drug-likeness (QED) is 0.670. The van der Waals surface area contributed by atoms with Crippen LogP contribution in [0.4, 0.5) is 0 Å². The lowest BCUT2D eigenvalue weighted by Gasteiger charge is -1.96. The van der Waals surface area contributed by atoms with Crippen LogP contribution in [0.2, 0.25) is 0 Å². The normalized spacial score (nSPS) is 10.9. The van der Waals surface area contributed by atoms with Gasteiger partial charge >= 0.3 is 5.97 Å². The van der Waals surface area contributed by atoms with Crippen LogP contribution in [0.1, 0.15) is 41.9 Å². The number of furan rings is 1. The smallest absolute Gasteiger partial charge is 0.373 e. The van der Waals surface area contributed by atoms with Crippen molar-refractivity contribution in [2.24, 2.45) is 0 Å². The van der Waals surface area contributed by atoms with E-state index in [0.29, 0.717) is 22.6 Å². The molecular formula is C12H15N3O3S. The highest BCUT2D eigenvalue weighted by atomic mass is 32.2. The first-order chi connectivity index (χ1) is 9.10. The van der Waals surface area contributed by atoms with E-state index < -0.39 is 5.97 Å². The van der Waals surface area contributed by atoms with Crippen molar-refractivity contribution < 1.29 is 13.9 Å². The molecule has 1 N–H and O–H groups in total. The standard InChI is InChI=1S/C12H15N3O3S/c1-7(2)10-13-12(15-14-10)19-6-8-4-5-9(18-8)11(16)17-3/h4-5,7H,6H2,1-3H3,(H,13,14,15). The minimum atomic E-state index is -0.476. The van der Waals surface area contributed by atoms with Gasteiger partial charge in [-0.1, -0.05) is 25.6 Å². The number of ether oxygens (including phenoxy) is 1. The molecule has 0 aromatic carbocycles. The fourth-order valence-electron chi connectivity index (χ4n) is 1.38. The molecule has 0 spiro atoms. The van der Waals surface area contributed by atoms with Crippen molar-refractivity contribution in [2.45, 2.75) is 30.7 Å². The molecule has 0 aliphatic rings. The molecule has 0 aliphatic carbocycles. The number of hydrogen-bond acceptors (Lipinski definition) is 6. The molecule has 6 nitrogen and oxygen atoms in total. The Hall–Kier alpha value is -1.76. The molecule has 19 heavy (non-hydrogen) atoms. The number of methoxy groups -OCH3 is 1. The Kier molecular flexibility index (Phi) is 4.26. The maximum absolute atomic E-state index is 11.2. The molecule has 0 saturated carbocycles. The van der Waals surface area contributed by atoms with Crippen LogP contribution in [0.5, 0.6) is 0 Å². The monoisotopic (exact) mass is 281 g/mol. The van der Waals surface area contributed by atoms with Gasteiger partial charge < -0.3 is 9.15 Å². The van der Waals surface area contributed by atoms with Crippen LogP contribution in [0.15, 0.2) is 21.7 Å². The lowest BCUT2D eigenvalue weighted by molar-refractivity contribution is 0.0563. The van der Waals surface area contributed by atoms with E-state index in [9.17, 15) is 4.79 Å². The second kappa shape index (κ2) is 5.92. The summed E-state index contributed by atoms with van der Waals surface area (Å²) in [7, 11) is 1.32. The maximum Gasteiger partial charge on any atom is 0.373 e. The maximum atomic E-state index is 11.2. The zero-order valence-electron chi connectivity index (χ0n) is 11.0. The van der Waals surface area contributed by atoms with Crippen LogP contribution in [0.3, 0.4) is 0 Å². The minimum Gasteiger partial charge on any atom is -0.463 e. The molecule has 0 aliphatic heterocycles. The molecule has 0 amide bonds. The number of nitrogens with zero attached hydrogens (tertiary/aromatic N) is 2.